The first-order valence-corrected chi connectivity index (χ1v) is 7.18. The second-order valence-electron chi connectivity index (χ2n) is 5.86. The highest BCUT2D eigenvalue weighted by atomic mass is 16.6. The predicted octanol–water partition coefficient (Wildman–Crippen LogP) is -0.247. The number of nitrogens with one attached hydrogen (secondary N) is 2. The molecule has 0 aliphatic carbocycles. The van der Waals surface area contributed by atoms with Crippen LogP contribution in [-0.2, 0) is 9.59 Å². The summed E-state index contributed by atoms with van der Waals surface area (Å²) in [7, 11) is 5.01. The number of rotatable bonds is 6. The summed E-state index contributed by atoms with van der Waals surface area (Å²) in [6.07, 6.45) is 0. The highest BCUT2D eigenvalue weighted by molar-refractivity contribution is 5.94. The molecule has 2 N–H and O–H groups in total. The lowest BCUT2D eigenvalue weighted by atomic mass is 10.1. The number of aryl methyl sites for hydroxylation is 2. The summed E-state index contributed by atoms with van der Waals surface area (Å²) < 4.78 is 0. The van der Waals surface area contributed by atoms with E-state index in [0.717, 1.165) is 11.1 Å². The summed E-state index contributed by atoms with van der Waals surface area (Å²) in [5.41, 5.74) is 1.68. The summed E-state index contributed by atoms with van der Waals surface area (Å²) in [6.45, 7) is 3.82. The molecule has 0 aliphatic heterocycles. The van der Waals surface area contributed by atoms with Crippen LogP contribution in [0, 0.1) is 24.0 Å². The Hall–Kier alpha value is -2.48. The summed E-state index contributed by atoms with van der Waals surface area (Å²) in [4.78, 5) is 36.4. The van der Waals surface area contributed by atoms with Gasteiger partial charge in [-0.25, -0.2) is 0 Å². The SMILES string of the molecule is Cc1cc(NC(=O)C[NH+](C)CC(=O)N(C)C)c([N+](=O)[O-])cc1C. The zero-order chi connectivity index (χ0) is 17.7. The molecular formula is C15H23N4O4+. The van der Waals surface area contributed by atoms with Gasteiger partial charge in [0.05, 0.1) is 12.0 Å². The summed E-state index contributed by atoms with van der Waals surface area (Å²) in [5, 5.41) is 13.7. The van der Waals surface area contributed by atoms with Crippen LogP contribution in [0.5, 0.6) is 0 Å². The number of nitro groups is 1. The number of anilines is 1. The Morgan fingerprint density at radius 1 is 1.22 bits per heavy atom. The van der Waals surface area contributed by atoms with Gasteiger partial charge >= 0.3 is 0 Å². The van der Waals surface area contributed by atoms with Crippen molar-refractivity contribution in [1.29, 1.82) is 0 Å². The Balaban J connectivity index is 2.80. The Kier molecular flexibility index (Phi) is 6.20. The molecule has 0 radical (unpaired) electrons. The molecule has 0 aliphatic rings. The molecule has 1 aromatic carbocycles. The quantitative estimate of drug-likeness (QED) is 0.557. The van der Waals surface area contributed by atoms with Gasteiger partial charge < -0.3 is 15.1 Å². The molecule has 0 saturated carbocycles. The lowest BCUT2D eigenvalue weighted by Gasteiger charge is -2.16. The van der Waals surface area contributed by atoms with Crippen molar-refractivity contribution < 1.29 is 19.4 Å². The number of hydrogen-bond donors (Lipinski definition) is 2. The second kappa shape index (κ2) is 7.68. The predicted molar refractivity (Wildman–Crippen MR) is 86.5 cm³/mol. The molecule has 0 heterocycles. The zero-order valence-electron chi connectivity index (χ0n) is 14.1. The Morgan fingerprint density at radius 3 is 2.30 bits per heavy atom. The van der Waals surface area contributed by atoms with Crippen LogP contribution < -0.4 is 10.2 Å². The van der Waals surface area contributed by atoms with Gasteiger partial charge in [0, 0.05) is 20.2 Å². The van der Waals surface area contributed by atoms with E-state index in [9.17, 15) is 19.7 Å². The van der Waals surface area contributed by atoms with E-state index in [4.69, 9.17) is 0 Å². The largest absolute Gasteiger partial charge is 0.344 e. The van der Waals surface area contributed by atoms with Crippen molar-refractivity contribution in [1.82, 2.24) is 4.90 Å². The maximum atomic E-state index is 12.1. The number of likely N-dealkylation sites (N-methyl/N-ethyl adjacent to an activating group) is 2. The number of benzene rings is 1. The number of carbonyl (C=O) groups excluding carboxylic acids is 2. The first-order chi connectivity index (χ1) is 10.6. The van der Waals surface area contributed by atoms with Gasteiger partial charge in [0.2, 0.25) is 0 Å². The molecule has 8 nitrogen and oxygen atoms in total. The minimum atomic E-state index is -0.520. The smallest absolute Gasteiger partial charge is 0.293 e. The molecule has 23 heavy (non-hydrogen) atoms. The van der Waals surface area contributed by atoms with Crippen molar-refractivity contribution in [3.05, 3.63) is 33.4 Å². The lowest BCUT2D eigenvalue weighted by Crippen LogP contribution is -3.11. The van der Waals surface area contributed by atoms with Crippen LogP contribution in [0.4, 0.5) is 11.4 Å². The normalized spacial score (nSPS) is 11.7. The standard InChI is InChI=1S/C15H22N4O4/c1-10-6-12(13(19(22)23)7-11(10)2)16-14(20)8-18(5)9-15(21)17(3)4/h6-7H,8-9H2,1-5H3,(H,16,20)/p+1. The number of nitrogens with zero attached hydrogens (tertiary/aromatic N) is 2. The van der Waals surface area contributed by atoms with Crippen molar-refractivity contribution in [2.45, 2.75) is 13.8 Å². The van der Waals surface area contributed by atoms with Gasteiger partial charge in [0.25, 0.3) is 17.5 Å². The van der Waals surface area contributed by atoms with Crippen LogP contribution in [0.2, 0.25) is 0 Å². The van der Waals surface area contributed by atoms with Gasteiger partial charge in [0.15, 0.2) is 13.1 Å². The van der Waals surface area contributed by atoms with Crippen LogP contribution in [-0.4, -0.2) is 55.9 Å². The molecule has 0 aromatic heterocycles. The molecule has 126 valence electrons. The van der Waals surface area contributed by atoms with Crippen molar-refractivity contribution in [3.63, 3.8) is 0 Å². The van der Waals surface area contributed by atoms with E-state index in [0.29, 0.717) is 4.90 Å². The molecular weight excluding hydrogens is 300 g/mol. The van der Waals surface area contributed by atoms with E-state index in [1.54, 1.807) is 34.1 Å². The summed E-state index contributed by atoms with van der Waals surface area (Å²) >= 11 is 0. The Morgan fingerprint density at radius 2 is 1.78 bits per heavy atom. The van der Waals surface area contributed by atoms with Crippen molar-refractivity contribution >= 4 is 23.2 Å². The third-order valence-corrected chi connectivity index (χ3v) is 3.50. The highest BCUT2D eigenvalue weighted by Gasteiger charge is 2.20. The summed E-state index contributed by atoms with van der Waals surface area (Å²) in [6, 6.07) is 3.03. The van der Waals surface area contributed by atoms with Crippen molar-refractivity contribution in [2.24, 2.45) is 0 Å². The first kappa shape index (κ1) is 18.6. The molecule has 1 aromatic rings. The van der Waals surface area contributed by atoms with E-state index in [2.05, 4.69) is 5.32 Å². The Labute approximate surface area is 135 Å². The highest BCUT2D eigenvalue weighted by Crippen LogP contribution is 2.27. The Bertz CT molecular complexity index is 628. The van der Waals surface area contributed by atoms with E-state index in [-0.39, 0.29) is 36.3 Å². The molecule has 0 fully saturated rings. The van der Waals surface area contributed by atoms with Crippen LogP contribution in [0.1, 0.15) is 11.1 Å². The average Bonchev–Trinajstić information content (AvgIpc) is 2.41. The second-order valence-corrected chi connectivity index (χ2v) is 5.86. The van der Waals surface area contributed by atoms with Crippen molar-refractivity contribution in [3.8, 4) is 0 Å². The maximum Gasteiger partial charge on any atom is 0.293 e. The monoisotopic (exact) mass is 323 g/mol. The van der Waals surface area contributed by atoms with E-state index >= 15 is 0 Å². The fraction of sp³-hybridized carbons (Fsp3) is 0.467. The molecule has 8 heteroatoms. The number of amides is 2. The van der Waals surface area contributed by atoms with E-state index in [1.165, 1.54) is 11.0 Å². The number of carbonyl (C=O) groups is 2. The molecule has 0 saturated heterocycles. The van der Waals surface area contributed by atoms with Gasteiger partial charge in [0.1, 0.15) is 5.69 Å². The molecule has 1 rings (SSSR count). The van der Waals surface area contributed by atoms with Gasteiger partial charge in [-0.2, -0.15) is 0 Å². The average molecular weight is 323 g/mol. The van der Waals surface area contributed by atoms with Gasteiger partial charge in [-0.05, 0) is 31.0 Å². The van der Waals surface area contributed by atoms with Crippen molar-refractivity contribution in [2.75, 3.05) is 39.5 Å². The third kappa shape index (κ3) is 5.33. The fourth-order valence-corrected chi connectivity index (χ4v) is 2.00. The topological polar surface area (TPSA) is 97.0 Å². The molecule has 0 spiro atoms. The zero-order valence-corrected chi connectivity index (χ0v) is 14.1. The van der Waals surface area contributed by atoms with Crippen LogP contribution in [0.25, 0.3) is 0 Å². The molecule has 0 bridgehead atoms. The maximum absolute atomic E-state index is 12.1. The van der Waals surface area contributed by atoms with Gasteiger partial charge in [-0.1, -0.05) is 0 Å². The van der Waals surface area contributed by atoms with Crippen LogP contribution >= 0.6 is 0 Å². The molecule has 2 amide bonds. The van der Waals surface area contributed by atoms with Crippen LogP contribution in [0.3, 0.4) is 0 Å². The number of quaternary nitrogens is 1. The minimum Gasteiger partial charge on any atom is -0.344 e. The number of nitro benzene ring substituents is 1. The lowest BCUT2D eigenvalue weighted by molar-refractivity contribution is -0.862. The number of hydrogen-bond acceptors (Lipinski definition) is 4. The minimum absolute atomic E-state index is 0.0453. The fourth-order valence-electron chi connectivity index (χ4n) is 2.00. The summed E-state index contributed by atoms with van der Waals surface area (Å²) in [5.74, 6) is -0.465. The molecule has 1 atom stereocenters. The first-order valence-electron chi connectivity index (χ1n) is 7.18. The van der Waals surface area contributed by atoms with Gasteiger partial charge in [-0.15, -0.1) is 0 Å². The van der Waals surface area contributed by atoms with Crippen LogP contribution in [0.15, 0.2) is 12.1 Å². The molecule has 1 unspecified atom stereocenters. The van der Waals surface area contributed by atoms with E-state index < -0.39 is 4.92 Å². The van der Waals surface area contributed by atoms with E-state index in [1.807, 2.05) is 6.92 Å². The third-order valence-electron chi connectivity index (χ3n) is 3.50. The van der Waals surface area contributed by atoms with Gasteiger partial charge in [-0.3, -0.25) is 19.7 Å².